The van der Waals surface area contributed by atoms with E-state index in [9.17, 15) is 4.79 Å². The lowest BCUT2D eigenvalue weighted by atomic mass is 10.1. The SMILES string of the molecule is CSC(C)CNC(=O)C(N)c1ccc(C)cc1.Cl. The van der Waals surface area contributed by atoms with Gasteiger partial charge in [-0.2, -0.15) is 11.8 Å². The minimum absolute atomic E-state index is 0. The van der Waals surface area contributed by atoms with Gasteiger partial charge < -0.3 is 11.1 Å². The number of carbonyl (C=O) groups excluding carboxylic acids is 1. The molecule has 0 heterocycles. The lowest BCUT2D eigenvalue weighted by Crippen LogP contribution is -2.37. The van der Waals surface area contributed by atoms with Crippen molar-refractivity contribution in [1.82, 2.24) is 5.32 Å². The van der Waals surface area contributed by atoms with Crippen LogP contribution in [0.15, 0.2) is 24.3 Å². The summed E-state index contributed by atoms with van der Waals surface area (Å²) >= 11 is 1.72. The number of thioether (sulfide) groups is 1. The maximum Gasteiger partial charge on any atom is 0.241 e. The molecule has 0 saturated carbocycles. The third-order valence-corrected chi connectivity index (χ3v) is 3.66. The zero-order valence-corrected chi connectivity index (χ0v) is 12.6. The lowest BCUT2D eigenvalue weighted by molar-refractivity contribution is -0.122. The number of amides is 1. The Morgan fingerprint density at radius 2 is 1.94 bits per heavy atom. The predicted octanol–water partition coefficient (Wildman–Crippen LogP) is 2.28. The molecule has 102 valence electrons. The number of rotatable bonds is 5. The summed E-state index contributed by atoms with van der Waals surface area (Å²) in [5.74, 6) is -0.116. The molecule has 1 aromatic carbocycles. The smallest absolute Gasteiger partial charge is 0.241 e. The highest BCUT2D eigenvalue weighted by Crippen LogP contribution is 2.11. The van der Waals surface area contributed by atoms with Crippen LogP contribution in [0.3, 0.4) is 0 Å². The van der Waals surface area contributed by atoms with Gasteiger partial charge in [-0.1, -0.05) is 36.8 Å². The second-order valence-electron chi connectivity index (χ2n) is 4.18. The molecule has 3 nitrogen and oxygen atoms in total. The number of nitrogens with one attached hydrogen (secondary N) is 1. The molecule has 0 aromatic heterocycles. The fraction of sp³-hybridized carbons (Fsp3) is 0.462. The zero-order valence-electron chi connectivity index (χ0n) is 11.0. The Labute approximate surface area is 119 Å². The Morgan fingerprint density at radius 3 is 2.44 bits per heavy atom. The van der Waals surface area contributed by atoms with Crippen LogP contribution >= 0.6 is 24.2 Å². The number of aryl methyl sites for hydroxylation is 1. The second-order valence-corrected chi connectivity index (χ2v) is 5.46. The van der Waals surface area contributed by atoms with Crippen LogP contribution in [0.5, 0.6) is 0 Å². The van der Waals surface area contributed by atoms with Crippen LogP contribution in [0.1, 0.15) is 24.1 Å². The predicted molar refractivity (Wildman–Crippen MR) is 81.3 cm³/mol. The molecule has 1 rings (SSSR count). The summed E-state index contributed by atoms with van der Waals surface area (Å²) in [5.41, 5.74) is 7.91. The highest BCUT2D eigenvalue weighted by atomic mass is 35.5. The minimum Gasteiger partial charge on any atom is -0.353 e. The molecule has 0 fully saturated rings. The van der Waals surface area contributed by atoms with E-state index in [-0.39, 0.29) is 18.3 Å². The molecule has 1 amide bonds. The summed E-state index contributed by atoms with van der Waals surface area (Å²) in [6, 6.07) is 7.15. The molecule has 0 aliphatic heterocycles. The molecule has 0 bridgehead atoms. The van der Waals surface area contributed by atoms with Crippen molar-refractivity contribution in [2.75, 3.05) is 12.8 Å². The summed E-state index contributed by atoms with van der Waals surface area (Å²) in [5, 5.41) is 3.27. The van der Waals surface area contributed by atoms with Crippen molar-refractivity contribution < 1.29 is 4.79 Å². The summed E-state index contributed by atoms with van der Waals surface area (Å²) in [6.07, 6.45) is 2.02. The topological polar surface area (TPSA) is 55.1 Å². The Bertz CT molecular complexity index is 370. The van der Waals surface area contributed by atoms with Crippen molar-refractivity contribution in [2.45, 2.75) is 25.1 Å². The normalized spacial score (nSPS) is 13.3. The molecule has 1 aromatic rings. The van der Waals surface area contributed by atoms with Gasteiger partial charge in [-0.25, -0.2) is 0 Å². The van der Waals surface area contributed by atoms with Crippen LogP contribution in [0, 0.1) is 6.92 Å². The molecular weight excluding hydrogens is 268 g/mol. The van der Waals surface area contributed by atoms with E-state index in [1.807, 2.05) is 37.4 Å². The highest BCUT2D eigenvalue weighted by Gasteiger charge is 2.15. The Morgan fingerprint density at radius 1 is 1.39 bits per heavy atom. The summed E-state index contributed by atoms with van der Waals surface area (Å²) in [7, 11) is 0. The van der Waals surface area contributed by atoms with E-state index < -0.39 is 6.04 Å². The molecule has 2 unspecified atom stereocenters. The first kappa shape index (κ1) is 17.3. The second kappa shape index (κ2) is 8.40. The van der Waals surface area contributed by atoms with E-state index in [4.69, 9.17) is 5.73 Å². The lowest BCUT2D eigenvalue weighted by Gasteiger charge is -2.15. The van der Waals surface area contributed by atoms with Gasteiger partial charge in [-0.05, 0) is 18.7 Å². The standard InChI is InChI=1S/C13H20N2OS.ClH/c1-9-4-6-11(7-5-9)12(14)13(16)15-8-10(2)17-3;/h4-7,10,12H,8,14H2,1-3H3,(H,15,16);1H. The number of benzene rings is 1. The van der Waals surface area contributed by atoms with Crippen LogP contribution in [0.2, 0.25) is 0 Å². The Hall–Kier alpha value is -0.710. The van der Waals surface area contributed by atoms with Crippen molar-refractivity contribution in [1.29, 1.82) is 0 Å². The summed E-state index contributed by atoms with van der Waals surface area (Å²) < 4.78 is 0. The maximum atomic E-state index is 11.8. The monoisotopic (exact) mass is 288 g/mol. The molecule has 0 spiro atoms. The van der Waals surface area contributed by atoms with E-state index in [1.54, 1.807) is 11.8 Å². The van der Waals surface area contributed by atoms with Crippen molar-refractivity contribution in [3.05, 3.63) is 35.4 Å². The van der Waals surface area contributed by atoms with Crippen molar-refractivity contribution in [3.63, 3.8) is 0 Å². The molecule has 18 heavy (non-hydrogen) atoms. The van der Waals surface area contributed by atoms with E-state index in [1.165, 1.54) is 0 Å². The average Bonchev–Trinajstić information content (AvgIpc) is 2.35. The van der Waals surface area contributed by atoms with Gasteiger partial charge in [0, 0.05) is 11.8 Å². The fourth-order valence-corrected chi connectivity index (χ4v) is 1.61. The zero-order chi connectivity index (χ0) is 12.8. The fourth-order valence-electron chi connectivity index (χ4n) is 1.36. The van der Waals surface area contributed by atoms with E-state index in [0.717, 1.165) is 11.1 Å². The molecule has 0 saturated heterocycles. The van der Waals surface area contributed by atoms with Gasteiger partial charge in [0.25, 0.3) is 0 Å². The minimum atomic E-state index is -0.579. The number of hydrogen-bond donors (Lipinski definition) is 2. The molecule has 5 heteroatoms. The van der Waals surface area contributed by atoms with Gasteiger partial charge in [-0.15, -0.1) is 12.4 Å². The highest BCUT2D eigenvalue weighted by molar-refractivity contribution is 7.99. The van der Waals surface area contributed by atoms with Gasteiger partial charge in [-0.3, -0.25) is 4.79 Å². The number of nitrogens with two attached hydrogens (primary N) is 1. The summed E-state index contributed by atoms with van der Waals surface area (Å²) in [4.78, 5) is 11.8. The Balaban J connectivity index is 0.00000289. The third-order valence-electron chi connectivity index (χ3n) is 2.69. The van der Waals surface area contributed by atoms with Crippen molar-refractivity contribution in [2.24, 2.45) is 5.73 Å². The maximum absolute atomic E-state index is 11.8. The van der Waals surface area contributed by atoms with Crippen LogP contribution in [-0.2, 0) is 4.79 Å². The summed E-state index contributed by atoms with van der Waals surface area (Å²) in [6.45, 7) is 4.73. The number of carbonyl (C=O) groups is 1. The molecule has 0 radical (unpaired) electrons. The first-order valence-electron chi connectivity index (χ1n) is 5.67. The average molecular weight is 289 g/mol. The Kier molecular flexibility index (Phi) is 8.07. The van der Waals surface area contributed by atoms with E-state index in [0.29, 0.717) is 11.8 Å². The van der Waals surface area contributed by atoms with Crippen LogP contribution in [0.25, 0.3) is 0 Å². The van der Waals surface area contributed by atoms with E-state index in [2.05, 4.69) is 12.2 Å². The van der Waals surface area contributed by atoms with Gasteiger partial charge in [0.05, 0.1) is 0 Å². The van der Waals surface area contributed by atoms with Crippen LogP contribution < -0.4 is 11.1 Å². The van der Waals surface area contributed by atoms with Crippen LogP contribution in [0.4, 0.5) is 0 Å². The van der Waals surface area contributed by atoms with Crippen molar-refractivity contribution in [3.8, 4) is 0 Å². The molecule has 0 aliphatic carbocycles. The largest absolute Gasteiger partial charge is 0.353 e. The molecule has 2 atom stereocenters. The van der Waals surface area contributed by atoms with Crippen molar-refractivity contribution >= 4 is 30.1 Å². The molecular formula is C13H21ClN2OS. The molecule has 0 aliphatic rings. The van der Waals surface area contributed by atoms with Gasteiger partial charge >= 0.3 is 0 Å². The molecule has 3 N–H and O–H groups in total. The number of halogens is 1. The van der Waals surface area contributed by atoms with Gasteiger partial charge in [0.2, 0.25) is 5.91 Å². The first-order valence-corrected chi connectivity index (χ1v) is 6.96. The third kappa shape index (κ3) is 5.29. The van der Waals surface area contributed by atoms with E-state index >= 15 is 0 Å². The quantitative estimate of drug-likeness (QED) is 0.874. The number of hydrogen-bond acceptors (Lipinski definition) is 3. The first-order chi connectivity index (χ1) is 8.04. The van der Waals surface area contributed by atoms with Gasteiger partial charge in [0.1, 0.15) is 6.04 Å². The van der Waals surface area contributed by atoms with Gasteiger partial charge in [0.15, 0.2) is 0 Å². The van der Waals surface area contributed by atoms with Crippen LogP contribution in [-0.4, -0.2) is 24.0 Å².